The van der Waals surface area contributed by atoms with Crippen molar-refractivity contribution in [3.05, 3.63) is 237 Å². The Bertz CT molecular complexity index is 3760. The van der Waals surface area contributed by atoms with E-state index in [1.54, 1.807) is 0 Å². The van der Waals surface area contributed by atoms with Crippen molar-refractivity contribution in [3.63, 3.8) is 0 Å². The van der Waals surface area contributed by atoms with Crippen molar-refractivity contribution in [1.29, 1.82) is 0 Å². The molecule has 13 rings (SSSR count). The molecule has 3 heteroatoms. The third-order valence-corrected chi connectivity index (χ3v) is 13.0. The van der Waals surface area contributed by atoms with Gasteiger partial charge in [0.15, 0.2) is 0 Å². The Balaban J connectivity index is 0.953. The van der Waals surface area contributed by atoms with Gasteiger partial charge in [0.2, 0.25) is 0 Å². The van der Waals surface area contributed by atoms with Crippen LogP contribution in [0.15, 0.2) is 237 Å². The SMILES string of the molecule is c1ccc(-c2cc(-c3ccccc3)cc(-c3ccc(-n4c5ccccc5c5c6c7ccccc7n(-c7ccc(-n8c9ccccc9c9ccccc98)cc7)c6ccc54)cc3)c2)cc1. The van der Waals surface area contributed by atoms with Crippen molar-refractivity contribution in [3.8, 4) is 50.4 Å². The number of benzene rings is 10. The topological polar surface area (TPSA) is 14.8 Å². The molecule has 0 aliphatic heterocycles. The molecule has 10 aromatic carbocycles. The molecule has 63 heavy (non-hydrogen) atoms. The summed E-state index contributed by atoms with van der Waals surface area (Å²) in [6.07, 6.45) is 0. The lowest BCUT2D eigenvalue weighted by molar-refractivity contribution is 1.14. The maximum atomic E-state index is 2.44. The molecule has 0 radical (unpaired) electrons. The number of rotatable bonds is 6. The van der Waals surface area contributed by atoms with E-state index in [-0.39, 0.29) is 0 Å². The van der Waals surface area contributed by atoms with Crippen LogP contribution in [0.1, 0.15) is 0 Å². The van der Waals surface area contributed by atoms with Crippen LogP contribution in [0.2, 0.25) is 0 Å². The molecule has 0 aliphatic carbocycles. The number of hydrogen-bond donors (Lipinski definition) is 0. The fourth-order valence-corrected chi connectivity index (χ4v) is 10.2. The van der Waals surface area contributed by atoms with E-state index in [9.17, 15) is 0 Å². The Morgan fingerprint density at radius 2 is 0.476 bits per heavy atom. The second-order valence-electron chi connectivity index (χ2n) is 16.5. The number of fused-ring (bicyclic) bond motifs is 10. The molecule has 0 saturated carbocycles. The summed E-state index contributed by atoms with van der Waals surface area (Å²) < 4.78 is 7.26. The molecular formula is C60H39N3. The van der Waals surface area contributed by atoms with Crippen LogP contribution in [0.3, 0.4) is 0 Å². The Morgan fingerprint density at radius 3 is 0.873 bits per heavy atom. The molecule has 0 saturated heterocycles. The van der Waals surface area contributed by atoms with Gasteiger partial charge in [0.05, 0.1) is 33.1 Å². The average molecular weight is 802 g/mol. The maximum Gasteiger partial charge on any atom is 0.0548 e. The maximum absolute atomic E-state index is 2.44. The van der Waals surface area contributed by atoms with Crippen molar-refractivity contribution >= 4 is 65.4 Å². The lowest BCUT2D eigenvalue weighted by Gasteiger charge is -2.13. The fourth-order valence-electron chi connectivity index (χ4n) is 10.2. The van der Waals surface area contributed by atoms with E-state index in [1.165, 1.54) is 98.8 Å². The highest BCUT2D eigenvalue weighted by Gasteiger charge is 2.21. The molecular weight excluding hydrogens is 763 g/mol. The van der Waals surface area contributed by atoms with Crippen molar-refractivity contribution in [1.82, 2.24) is 13.7 Å². The zero-order valence-corrected chi connectivity index (χ0v) is 34.4. The monoisotopic (exact) mass is 801 g/mol. The predicted octanol–water partition coefficient (Wildman–Crippen LogP) is 16.0. The molecule has 294 valence electrons. The Kier molecular flexibility index (Phi) is 7.91. The van der Waals surface area contributed by atoms with Gasteiger partial charge in [0, 0.05) is 49.4 Å². The molecule has 3 nitrogen and oxygen atoms in total. The molecule has 0 fully saturated rings. The van der Waals surface area contributed by atoms with Crippen LogP contribution in [0.5, 0.6) is 0 Å². The molecule has 3 aromatic heterocycles. The van der Waals surface area contributed by atoms with Gasteiger partial charge in [-0.05, 0) is 124 Å². The Morgan fingerprint density at radius 1 is 0.190 bits per heavy atom. The van der Waals surface area contributed by atoms with Gasteiger partial charge in [-0.3, -0.25) is 0 Å². The van der Waals surface area contributed by atoms with Crippen LogP contribution in [-0.4, -0.2) is 13.7 Å². The van der Waals surface area contributed by atoms with Crippen LogP contribution in [0.4, 0.5) is 0 Å². The summed E-state index contributed by atoms with van der Waals surface area (Å²) >= 11 is 0. The number of aromatic nitrogens is 3. The second kappa shape index (κ2) is 14.1. The lowest BCUT2D eigenvalue weighted by Crippen LogP contribution is -1.97. The summed E-state index contributed by atoms with van der Waals surface area (Å²) in [5.74, 6) is 0. The standard InChI is InChI=1S/C60H39N3/c1-3-15-40(16-4-1)43-37-44(41-17-5-2-6-18-41)39-45(38-43)42-27-29-46(30-28-42)62-55-25-13-9-21-51(55)59-57(62)35-36-58-60(59)52-22-10-14-26-56(52)63(58)48-33-31-47(32-34-48)61-53-23-11-7-19-49(53)50-20-8-12-24-54(50)61/h1-39H. The zero-order chi connectivity index (χ0) is 41.4. The highest BCUT2D eigenvalue weighted by atomic mass is 15.0. The van der Waals surface area contributed by atoms with E-state index >= 15 is 0 Å². The number of para-hydroxylation sites is 4. The molecule has 13 aromatic rings. The summed E-state index contributed by atoms with van der Waals surface area (Å²) in [5.41, 5.74) is 17.8. The highest BCUT2D eigenvalue weighted by molar-refractivity contribution is 6.29. The van der Waals surface area contributed by atoms with Gasteiger partial charge < -0.3 is 13.7 Å². The first kappa shape index (κ1) is 35.4. The van der Waals surface area contributed by atoms with Gasteiger partial charge in [-0.15, -0.1) is 0 Å². The van der Waals surface area contributed by atoms with Gasteiger partial charge in [-0.25, -0.2) is 0 Å². The summed E-state index contributed by atoms with van der Waals surface area (Å²) in [6.45, 7) is 0. The van der Waals surface area contributed by atoms with E-state index in [0.29, 0.717) is 0 Å². The van der Waals surface area contributed by atoms with Gasteiger partial charge in [-0.1, -0.05) is 146 Å². The first-order valence-electron chi connectivity index (χ1n) is 21.7. The third kappa shape index (κ3) is 5.53. The predicted molar refractivity (Wildman–Crippen MR) is 266 cm³/mol. The van der Waals surface area contributed by atoms with Crippen molar-refractivity contribution in [2.75, 3.05) is 0 Å². The molecule has 0 atom stereocenters. The van der Waals surface area contributed by atoms with Crippen LogP contribution in [-0.2, 0) is 0 Å². The van der Waals surface area contributed by atoms with Crippen LogP contribution in [0, 0.1) is 0 Å². The first-order valence-corrected chi connectivity index (χ1v) is 21.7. The quantitative estimate of drug-likeness (QED) is 0.159. The first-order chi connectivity index (χ1) is 31.3. The second-order valence-corrected chi connectivity index (χ2v) is 16.5. The van der Waals surface area contributed by atoms with E-state index in [1.807, 2.05) is 0 Å². The number of hydrogen-bond acceptors (Lipinski definition) is 0. The minimum atomic E-state index is 1.14. The largest absolute Gasteiger partial charge is 0.309 e. The van der Waals surface area contributed by atoms with Crippen molar-refractivity contribution in [2.45, 2.75) is 0 Å². The summed E-state index contributed by atoms with van der Waals surface area (Å²) in [4.78, 5) is 0. The van der Waals surface area contributed by atoms with Gasteiger partial charge in [0.25, 0.3) is 0 Å². The summed E-state index contributed by atoms with van der Waals surface area (Å²) in [6, 6.07) is 86.3. The highest BCUT2D eigenvalue weighted by Crippen LogP contribution is 2.43. The van der Waals surface area contributed by atoms with Crippen LogP contribution >= 0.6 is 0 Å². The van der Waals surface area contributed by atoms with Gasteiger partial charge in [-0.2, -0.15) is 0 Å². The van der Waals surface area contributed by atoms with E-state index < -0.39 is 0 Å². The average Bonchev–Trinajstić information content (AvgIpc) is 4.00. The smallest absolute Gasteiger partial charge is 0.0548 e. The Hall–Kier alpha value is -8.40. The fraction of sp³-hybridized carbons (Fsp3) is 0. The lowest BCUT2D eigenvalue weighted by atomic mass is 9.93. The molecule has 0 spiro atoms. The van der Waals surface area contributed by atoms with Gasteiger partial charge in [0.1, 0.15) is 0 Å². The number of nitrogens with zero attached hydrogens (tertiary/aromatic N) is 3. The molecule has 0 amide bonds. The Labute approximate surface area is 364 Å². The minimum absolute atomic E-state index is 1.14. The third-order valence-electron chi connectivity index (χ3n) is 13.0. The molecule has 3 heterocycles. The van der Waals surface area contributed by atoms with Gasteiger partial charge >= 0.3 is 0 Å². The van der Waals surface area contributed by atoms with Crippen molar-refractivity contribution < 1.29 is 0 Å². The summed E-state index contributed by atoms with van der Waals surface area (Å²) in [5, 5.41) is 7.57. The van der Waals surface area contributed by atoms with E-state index in [0.717, 1.165) is 17.1 Å². The molecule has 0 bridgehead atoms. The van der Waals surface area contributed by atoms with Crippen LogP contribution in [0.25, 0.3) is 116 Å². The van der Waals surface area contributed by atoms with Crippen molar-refractivity contribution in [2.24, 2.45) is 0 Å². The van der Waals surface area contributed by atoms with E-state index in [2.05, 4.69) is 250 Å². The molecule has 0 N–H and O–H groups in total. The molecule has 0 unspecified atom stereocenters. The van der Waals surface area contributed by atoms with Crippen LogP contribution < -0.4 is 0 Å². The minimum Gasteiger partial charge on any atom is -0.309 e. The molecule has 0 aliphatic rings. The summed E-state index contributed by atoms with van der Waals surface area (Å²) in [7, 11) is 0. The normalized spacial score (nSPS) is 11.8. The van der Waals surface area contributed by atoms with E-state index in [4.69, 9.17) is 0 Å². The zero-order valence-electron chi connectivity index (χ0n) is 34.4.